The molecule has 0 aromatic heterocycles. The second-order valence-corrected chi connectivity index (χ2v) is 8.25. The summed E-state index contributed by atoms with van der Waals surface area (Å²) in [7, 11) is 1.85. The van der Waals surface area contributed by atoms with Crippen LogP contribution in [0.5, 0.6) is 0 Å². The quantitative estimate of drug-likeness (QED) is 0.190. The molecule has 174 valence electrons. The van der Waals surface area contributed by atoms with Crippen LogP contribution in [0.3, 0.4) is 0 Å². The molecule has 0 saturated heterocycles. The van der Waals surface area contributed by atoms with Gasteiger partial charge in [-0.1, -0.05) is 38.5 Å². The first kappa shape index (κ1) is 25.6. The van der Waals surface area contributed by atoms with Gasteiger partial charge < -0.3 is 10.6 Å². The summed E-state index contributed by atoms with van der Waals surface area (Å²) < 4.78 is 14.8. The van der Waals surface area contributed by atoms with E-state index in [4.69, 9.17) is 6.42 Å². The minimum absolute atomic E-state index is 0.230. The summed E-state index contributed by atoms with van der Waals surface area (Å²) in [4.78, 5) is 8.82. The van der Waals surface area contributed by atoms with Crippen LogP contribution in [-0.2, 0) is 0 Å². The number of terminal acetylenes is 1. The van der Waals surface area contributed by atoms with Crippen molar-refractivity contribution in [2.24, 2.45) is 21.0 Å². The topological polar surface area (TPSA) is 64.4 Å². The van der Waals surface area contributed by atoms with E-state index in [1.165, 1.54) is 6.08 Å². The lowest BCUT2D eigenvalue weighted by Crippen LogP contribution is -2.28. The van der Waals surface area contributed by atoms with Crippen molar-refractivity contribution in [3.8, 4) is 12.5 Å². The van der Waals surface area contributed by atoms with Crippen LogP contribution in [0, 0.1) is 18.4 Å². The Morgan fingerprint density at radius 2 is 2.09 bits per heavy atom. The van der Waals surface area contributed by atoms with Gasteiger partial charge in [0.1, 0.15) is 17.4 Å². The van der Waals surface area contributed by atoms with E-state index in [2.05, 4.69) is 52.2 Å². The van der Waals surface area contributed by atoms with E-state index in [0.29, 0.717) is 35.1 Å². The first-order valence-corrected chi connectivity index (χ1v) is 10.8. The average molecular weight is 449 g/mol. The first-order chi connectivity index (χ1) is 15.7. The molecule has 1 heterocycles. The molecule has 1 aliphatic heterocycles. The maximum Gasteiger partial charge on any atom is 0.223 e. The van der Waals surface area contributed by atoms with Crippen LogP contribution < -0.4 is 10.6 Å². The Balaban J connectivity index is 2.33. The molecule has 2 aliphatic rings. The summed E-state index contributed by atoms with van der Waals surface area (Å²) in [5.74, 6) is 0.823. The second kappa shape index (κ2) is 11.8. The molecule has 0 unspecified atom stereocenters. The molecule has 0 spiro atoms. The van der Waals surface area contributed by atoms with Gasteiger partial charge in [0, 0.05) is 31.4 Å². The highest BCUT2D eigenvalue weighted by molar-refractivity contribution is 6.02. The smallest absolute Gasteiger partial charge is 0.223 e. The summed E-state index contributed by atoms with van der Waals surface area (Å²) in [6, 6.07) is 2.39. The van der Waals surface area contributed by atoms with E-state index >= 15 is 0 Å². The van der Waals surface area contributed by atoms with Crippen molar-refractivity contribution in [3.05, 3.63) is 70.5 Å². The van der Waals surface area contributed by atoms with Gasteiger partial charge in [-0.2, -0.15) is 5.10 Å². The van der Waals surface area contributed by atoms with Crippen molar-refractivity contribution in [2.75, 3.05) is 13.6 Å². The third-order valence-electron chi connectivity index (χ3n) is 4.86. The third kappa shape index (κ3) is 7.18. The average Bonchev–Trinajstić information content (AvgIpc) is 2.86. The lowest BCUT2D eigenvalue weighted by atomic mass is 9.96. The summed E-state index contributed by atoms with van der Waals surface area (Å²) in [6.07, 6.45) is 14.7. The lowest BCUT2D eigenvalue weighted by Gasteiger charge is -2.28. The van der Waals surface area contributed by atoms with E-state index in [-0.39, 0.29) is 18.3 Å². The Kier molecular flexibility index (Phi) is 9.17. The molecular formula is C26H33FN6. The number of hydrogen-bond acceptors (Lipinski definition) is 4. The predicted octanol–water partition coefficient (Wildman–Crippen LogP) is 4.96. The monoisotopic (exact) mass is 448 g/mol. The first-order valence-electron chi connectivity index (χ1n) is 10.8. The third-order valence-corrected chi connectivity index (χ3v) is 4.86. The van der Waals surface area contributed by atoms with Crippen LogP contribution in [-0.4, -0.2) is 36.5 Å². The highest BCUT2D eigenvalue weighted by Gasteiger charge is 2.26. The Bertz CT molecular complexity index is 1070. The van der Waals surface area contributed by atoms with Gasteiger partial charge in [-0.15, -0.1) is 0 Å². The zero-order chi connectivity index (χ0) is 24.5. The molecule has 2 N–H and O–H groups in total. The fraction of sp³-hybridized carbons (Fsp3) is 0.346. The van der Waals surface area contributed by atoms with Crippen LogP contribution in [0.25, 0.3) is 0 Å². The standard InChI is InChI=1S/C26H33FN6/c1-9-28-24(12-11-17(3)4)31-26(29-10-2)30-16-19(7)20-13-21-15-23(22(27)14-20)32-33(8)25(21)18(5)6/h1,10-14,18,28H,7,15-16H2,2-6,8H3,(H,30,31)/b24-12+,29-10-. The molecule has 0 atom stereocenters. The molecule has 6 nitrogen and oxygen atoms in total. The zero-order valence-electron chi connectivity index (χ0n) is 20.3. The largest absolute Gasteiger partial charge is 0.310 e. The summed E-state index contributed by atoms with van der Waals surface area (Å²) in [5.41, 5.74) is 5.00. The number of hydrogen-bond donors (Lipinski definition) is 2. The number of nitrogens with zero attached hydrogens (tertiary/aromatic N) is 4. The molecule has 0 radical (unpaired) electrons. The molecule has 0 amide bonds. The Hall–Kier alpha value is -3.66. The molecule has 1 aliphatic carbocycles. The van der Waals surface area contributed by atoms with Crippen LogP contribution in [0.15, 0.2) is 85.6 Å². The summed E-state index contributed by atoms with van der Waals surface area (Å²) in [6.45, 7) is 14.4. The Morgan fingerprint density at radius 1 is 1.36 bits per heavy atom. The van der Waals surface area contributed by atoms with Crippen molar-refractivity contribution in [1.82, 2.24) is 15.6 Å². The van der Waals surface area contributed by atoms with Gasteiger partial charge in [-0.05, 0) is 61.6 Å². The number of rotatable bonds is 7. The number of fused-ring (bicyclic) bond motifs is 2. The summed E-state index contributed by atoms with van der Waals surface area (Å²) >= 11 is 0. The SMILES string of the molecule is C#CN/C(=C\C=C(C)C)NC(/N=C\C)=N/CC(=C)C1=CC2=C(C(C)C)N(C)N=C(C2)C(F)=C1. The minimum atomic E-state index is -0.355. The van der Waals surface area contributed by atoms with Crippen LogP contribution in [0.4, 0.5) is 4.39 Å². The van der Waals surface area contributed by atoms with Gasteiger partial charge in [-0.25, -0.2) is 14.4 Å². The minimum Gasteiger partial charge on any atom is -0.310 e. The zero-order valence-corrected chi connectivity index (χ0v) is 20.3. The van der Waals surface area contributed by atoms with E-state index in [9.17, 15) is 4.39 Å². The van der Waals surface area contributed by atoms with E-state index in [0.717, 1.165) is 16.8 Å². The van der Waals surface area contributed by atoms with Crippen molar-refractivity contribution in [1.29, 1.82) is 0 Å². The van der Waals surface area contributed by atoms with Gasteiger partial charge in [0.15, 0.2) is 0 Å². The fourth-order valence-corrected chi connectivity index (χ4v) is 3.46. The van der Waals surface area contributed by atoms with Gasteiger partial charge in [0.2, 0.25) is 5.96 Å². The number of nitrogens with one attached hydrogen (secondary N) is 2. The molecular weight excluding hydrogens is 415 g/mol. The predicted molar refractivity (Wildman–Crippen MR) is 137 cm³/mol. The van der Waals surface area contributed by atoms with Crippen LogP contribution >= 0.6 is 0 Å². The van der Waals surface area contributed by atoms with E-state index < -0.39 is 0 Å². The molecule has 33 heavy (non-hydrogen) atoms. The maximum absolute atomic E-state index is 14.8. The Labute approximate surface area is 196 Å². The molecule has 0 saturated carbocycles. The van der Waals surface area contributed by atoms with Crippen molar-refractivity contribution >= 4 is 17.9 Å². The van der Waals surface area contributed by atoms with E-state index in [1.807, 2.05) is 39.1 Å². The van der Waals surface area contributed by atoms with Crippen LogP contribution in [0.2, 0.25) is 0 Å². The number of hydrazone groups is 1. The van der Waals surface area contributed by atoms with Crippen molar-refractivity contribution in [2.45, 2.75) is 41.0 Å². The van der Waals surface area contributed by atoms with Gasteiger partial charge in [-0.3, -0.25) is 5.01 Å². The number of guanidine groups is 1. The molecule has 0 fully saturated rings. The van der Waals surface area contributed by atoms with Crippen LogP contribution in [0.1, 0.15) is 41.0 Å². The molecule has 2 rings (SSSR count). The number of aliphatic imine (C=N–C) groups is 2. The van der Waals surface area contributed by atoms with Gasteiger partial charge in [0.25, 0.3) is 0 Å². The Morgan fingerprint density at radius 3 is 2.70 bits per heavy atom. The molecule has 0 aromatic carbocycles. The highest BCUT2D eigenvalue weighted by atomic mass is 19.1. The van der Waals surface area contributed by atoms with Crippen molar-refractivity contribution < 1.29 is 4.39 Å². The molecule has 0 aromatic rings. The fourth-order valence-electron chi connectivity index (χ4n) is 3.46. The molecule has 7 heteroatoms. The van der Waals surface area contributed by atoms with Crippen molar-refractivity contribution in [3.63, 3.8) is 0 Å². The number of allylic oxidation sites excluding steroid dienone is 8. The molecule has 2 bridgehead atoms. The highest BCUT2D eigenvalue weighted by Crippen LogP contribution is 2.33. The van der Waals surface area contributed by atoms with Gasteiger partial charge in [0.05, 0.1) is 6.54 Å². The normalized spacial score (nSPS) is 16.7. The van der Waals surface area contributed by atoms with Gasteiger partial charge >= 0.3 is 0 Å². The number of halogens is 1. The maximum atomic E-state index is 14.8. The lowest BCUT2D eigenvalue weighted by molar-refractivity contribution is 0.381. The second-order valence-electron chi connectivity index (χ2n) is 8.25. The summed E-state index contributed by atoms with van der Waals surface area (Å²) in [5, 5.41) is 12.1. The van der Waals surface area contributed by atoms with E-state index in [1.54, 1.807) is 18.1 Å².